The Hall–Kier alpha value is -1.08. The van der Waals surface area contributed by atoms with Crippen LogP contribution in [0.3, 0.4) is 0 Å². The standard InChI is InChI=1S/C13H20ClN3O3S/c1-3-9-12(21(14,19)20)10(4-2)17(16-9)11-7-5-6-8-15-13(11)18/h11H,3-8H2,1-2H3,(H,15,18). The summed E-state index contributed by atoms with van der Waals surface area (Å²) in [5.41, 5.74) is 0.947. The van der Waals surface area contributed by atoms with Gasteiger partial charge < -0.3 is 5.32 Å². The van der Waals surface area contributed by atoms with Crippen molar-refractivity contribution in [2.45, 2.75) is 56.9 Å². The summed E-state index contributed by atoms with van der Waals surface area (Å²) in [7, 11) is 1.69. The average Bonchev–Trinajstić information content (AvgIpc) is 2.68. The van der Waals surface area contributed by atoms with Crippen LogP contribution in [0.1, 0.15) is 50.5 Å². The number of nitrogens with one attached hydrogen (secondary N) is 1. The summed E-state index contributed by atoms with van der Waals surface area (Å²) in [5, 5.41) is 7.22. The zero-order chi connectivity index (χ0) is 15.6. The van der Waals surface area contributed by atoms with E-state index < -0.39 is 15.1 Å². The van der Waals surface area contributed by atoms with E-state index >= 15 is 0 Å². The highest BCUT2D eigenvalue weighted by molar-refractivity contribution is 8.13. The average molecular weight is 334 g/mol. The molecule has 8 heteroatoms. The molecule has 1 atom stereocenters. The van der Waals surface area contributed by atoms with E-state index in [2.05, 4.69) is 10.4 Å². The van der Waals surface area contributed by atoms with Crippen LogP contribution in [0.2, 0.25) is 0 Å². The summed E-state index contributed by atoms with van der Waals surface area (Å²) in [5.74, 6) is -0.106. The molecule has 1 amide bonds. The molecule has 0 bridgehead atoms. The summed E-state index contributed by atoms with van der Waals surface area (Å²) in [6.07, 6.45) is 3.39. The van der Waals surface area contributed by atoms with Crippen molar-refractivity contribution in [3.63, 3.8) is 0 Å². The molecule has 118 valence electrons. The lowest BCUT2D eigenvalue weighted by Crippen LogP contribution is -2.32. The van der Waals surface area contributed by atoms with Crippen LogP contribution in [-0.4, -0.2) is 30.7 Å². The summed E-state index contributed by atoms with van der Waals surface area (Å²) < 4.78 is 25.3. The fourth-order valence-corrected chi connectivity index (χ4v) is 4.28. The molecule has 1 unspecified atom stereocenters. The molecule has 1 fully saturated rings. The van der Waals surface area contributed by atoms with Crippen molar-refractivity contribution in [1.29, 1.82) is 0 Å². The lowest BCUT2D eigenvalue weighted by atomic mass is 10.1. The van der Waals surface area contributed by atoms with Crippen LogP contribution in [-0.2, 0) is 26.7 Å². The van der Waals surface area contributed by atoms with Gasteiger partial charge in [-0.1, -0.05) is 13.8 Å². The maximum Gasteiger partial charge on any atom is 0.264 e. The molecule has 2 heterocycles. The first kappa shape index (κ1) is 16.3. The first-order valence-corrected chi connectivity index (χ1v) is 9.53. The highest BCUT2D eigenvalue weighted by atomic mass is 35.7. The van der Waals surface area contributed by atoms with Gasteiger partial charge in [-0.2, -0.15) is 5.10 Å². The van der Waals surface area contributed by atoms with Crippen LogP contribution in [0.5, 0.6) is 0 Å². The van der Waals surface area contributed by atoms with Gasteiger partial charge in [0.05, 0.1) is 11.4 Å². The topological polar surface area (TPSA) is 81.1 Å². The lowest BCUT2D eigenvalue weighted by Gasteiger charge is -2.16. The van der Waals surface area contributed by atoms with Gasteiger partial charge in [-0.05, 0) is 32.1 Å². The van der Waals surface area contributed by atoms with Crippen molar-refractivity contribution in [1.82, 2.24) is 15.1 Å². The molecule has 0 radical (unpaired) electrons. The Kier molecular flexibility index (Phi) is 4.93. The predicted molar refractivity (Wildman–Crippen MR) is 79.9 cm³/mol. The Bertz CT molecular complexity index is 639. The third kappa shape index (κ3) is 3.23. The zero-order valence-electron chi connectivity index (χ0n) is 12.2. The van der Waals surface area contributed by atoms with E-state index in [4.69, 9.17) is 10.7 Å². The summed E-state index contributed by atoms with van der Waals surface area (Å²) in [6, 6.07) is -0.458. The molecule has 0 aliphatic carbocycles. The van der Waals surface area contributed by atoms with Gasteiger partial charge in [0.15, 0.2) is 0 Å². The predicted octanol–water partition coefficient (Wildman–Crippen LogP) is 1.78. The van der Waals surface area contributed by atoms with E-state index in [1.807, 2.05) is 13.8 Å². The first-order valence-electron chi connectivity index (χ1n) is 7.22. The van der Waals surface area contributed by atoms with Gasteiger partial charge in [0.1, 0.15) is 10.9 Å². The Morgan fingerprint density at radius 1 is 1.33 bits per heavy atom. The van der Waals surface area contributed by atoms with Crippen molar-refractivity contribution >= 4 is 25.6 Å². The molecule has 6 nitrogen and oxygen atoms in total. The van der Waals surface area contributed by atoms with Crippen LogP contribution in [0.25, 0.3) is 0 Å². The number of carbonyl (C=O) groups is 1. The molecule has 0 aromatic carbocycles. The Morgan fingerprint density at radius 3 is 2.62 bits per heavy atom. The van der Waals surface area contributed by atoms with E-state index in [1.54, 1.807) is 4.68 Å². The van der Waals surface area contributed by atoms with Crippen LogP contribution < -0.4 is 5.32 Å². The highest BCUT2D eigenvalue weighted by Gasteiger charge is 2.31. The maximum atomic E-state index is 12.2. The monoisotopic (exact) mass is 333 g/mol. The van der Waals surface area contributed by atoms with E-state index in [1.165, 1.54) is 0 Å². The molecule has 0 saturated carbocycles. The normalized spacial score (nSPS) is 20.1. The number of nitrogens with zero attached hydrogens (tertiary/aromatic N) is 2. The molecule has 1 N–H and O–H groups in total. The second-order valence-electron chi connectivity index (χ2n) is 5.11. The molecular weight excluding hydrogens is 314 g/mol. The first-order chi connectivity index (χ1) is 9.90. The van der Waals surface area contributed by atoms with Gasteiger partial charge in [0.2, 0.25) is 5.91 Å². The smallest absolute Gasteiger partial charge is 0.264 e. The molecular formula is C13H20ClN3O3S. The SMILES string of the molecule is CCc1nn(C2CCCCNC2=O)c(CC)c1S(=O)(=O)Cl. The second kappa shape index (κ2) is 6.36. The summed E-state index contributed by atoms with van der Waals surface area (Å²) in [4.78, 5) is 12.3. The van der Waals surface area contributed by atoms with Gasteiger partial charge in [0, 0.05) is 17.2 Å². The zero-order valence-corrected chi connectivity index (χ0v) is 13.8. The third-order valence-electron chi connectivity index (χ3n) is 3.74. The maximum absolute atomic E-state index is 12.2. The third-order valence-corrected chi connectivity index (χ3v) is 5.17. The van der Waals surface area contributed by atoms with Crippen LogP contribution in [0.4, 0.5) is 0 Å². The Balaban J connectivity index is 2.58. The molecule has 1 aromatic rings. The number of aromatic nitrogens is 2. The number of carbonyl (C=O) groups excluding carboxylic acids is 1. The second-order valence-corrected chi connectivity index (χ2v) is 7.62. The van der Waals surface area contributed by atoms with Gasteiger partial charge in [0.25, 0.3) is 9.05 Å². The van der Waals surface area contributed by atoms with Gasteiger partial charge in [-0.25, -0.2) is 8.42 Å². The van der Waals surface area contributed by atoms with Crippen molar-refractivity contribution < 1.29 is 13.2 Å². The number of hydrogen-bond acceptors (Lipinski definition) is 4. The summed E-state index contributed by atoms with van der Waals surface area (Å²) >= 11 is 0. The quantitative estimate of drug-likeness (QED) is 0.851. The van der Waals surface area contributed by atoms with Crippen LogP contribution >= 0.6 is 10.7 Å². The minimum atomic E-state index is -3.88. The number of rotatable bonds is 4. The van der Waals surface area contributed by atoms with Crippen LogP contribution in [0.15, 0.2) is 4.90 Å². The van der Waals surface area contributed by atoms with Crippen molar-refractivity contribution in [2.75, 3.05) is 6.54 Å². The molecule has 1 aromatic heterocycles. The largest absolute Gasteiger partial charge is 0.354 e. The van der Waals surface area contributed by atoms with Gasteiger partial charge in [-0.15, -0.1) is 0 Å². The van der Waals surface area contributed by atoms with Crippen molar-refractivity contribution in [3.8, 4) is 0 Å². The number of hydrogen-bond donors (Lipinski definition) is 1. The van der Waals surface area contributed by atoms with Crippen LogP contribution in [0, 0.1) is 0 Å². The van der Waals surface area contributed by atoms with Crippen molar-refractivity contribution in [3.05, 3.63) is 11.4 Å². The Morgan fingerprint density at radius 2 is 2.05 bits per heavy atom. The van der Waals surface area contributed by atoms with Gasteiger partial charge in [-0.3, -0.25) is 9.48 Å². The molecule has 1 aliphatic rings. The number of amides is 1. The highest BCUT2D eigenvalue weighted by Crippen LogP contribution is 2.29. The fourth-order valence-electron chi connectivity index (χ4n) is 2.76. The van der Waals surface area contributed by atoms with Gasteiger partial charge >= 0.3 is 0 Å². The minimum absolute atomic E-state index is 0.0752. The lowest BCUT2D eigenvalue weighted by molar-refractivity contribution is -0.124. The molecule has 2 rings (SSSR count). The van der Waals surface area contributed by atoms with E-state index in [9.17, 15) is 13.2 Å². The molecule has 0 spiro atoms. The summed E-state index contributed by atoms with van der Waals surface area (Å²) in [6.45, 7) is 4.32. The van der Waals surface area contributed by atoms with Crippen molar-refractivity contribution in [2.24, 2.45) is 0 Å². The minimum Gasteiger partial charge on any atom is -0.354 e. The molecule has 1 saturated heterocycles. The molecule has 21 heavy (non-hydrogen) atoms. The Labute approximate surface area is 129 Å². The van der Waals surface area contributed by atoms with E-state index in [0.717, 1.165) is 12.8 Å². The fraction of sp³-hybridized carbons (Fsp3) is 0.692. The van der Waals surface area contributed by atoms with E-state index in [-0.39, 0.29) is 10.8 Å². The number of halogens is 1. The number of aryl methyl sites for hydroxylation is 1. The molecule has 1 aliphatic heterocycles. The van der Waals surface area contributed by atoms with E-state index in [0.29, 0.717) is 37.2 Å².